The van der Waals surface area contributed by atoms with Gasteiger partial charge >= 0.3 is 0 Å². The van der Waals surface area contributed by atoms with Gasteiger partial charge in [0.1, 0.15) is 5.75 Å². The van der Waals surface area contributed by atoms with Crippen LogP contribution in [0.25, 0.3) is 0 Å². The predicted octanol–water partition coefficient (Wildman–Crippen LogP) is 2.24. The molecule has 148 valence electrons. The summed E-state index contributed by atoms with van der Waals surface area (Å²) in [6, 6.07) is 14.5. The molecule has 2 aromatic rings. The molecule has 0 radical (unpaired) electrons. The Morgan fingerprint density at radius 2 is 1.75 bits per heavy atom. The predicted molar refractivity (Wildman–Crippen MR) is 108 cm³/mol. The molecule has 28 heavy (non-hydrogen) atoms. The van der Waals surface area contributed by atoms with Gasteiger partial charge in [0, 0.05) is 38.6 Å². The largest absolute Gasteiger partial charge is 0.483 e. The van der Waals surface area contributed by atoms with Crippen LogP contribution in [0.4, 0.5) is 11.4 Å². The number of anilines is 2. The number of morpholine rings is 1. The van der Waals surface area contributed by atoms with Crippen LogP contribution in [0.1, 0.15) is 10.4 Å². The summed E-state index contributed by atoms with van der Waals surface area (Å²) in [4.78, 5) is 28.7. The Hall–Kier alpha value is -3.06. The molecule has 1 aliphatic heterocycles. The maximum absolute atomic E-state index is 12.7. The lowest BCUT2D eigenvalue weighted by Gasteiger charge is -2.27. The number of amides is 2. The molecule has 1 aliphatic rings. The molecule has 1 saturated heterocycles. The molecule has 2 amide bonds. The van der Waals surface area contributed by atoms with Gasteiger partial charge in [-0.05, 0) is 36.4 Å². The van der Waals surface area contributed by atoms with Gasteiger partial charge in [-0.15, -0.1) is 0 Å². The molecule has 0 spiro atoms. The van der Waals surface area contributed by atoms with Crippen LogP contribution < -0.4 is 15.0 Å². The van der Waals surface area contributed by atoms with Crippen molar-refractivity contribution < 1.29 is 19.1 Å². The number of rotatable bonds is 6. The monoisotopic (exact) mass is 383 g/mol. The molecular weight excluding hydrogens is 358 g/mol. The topological polar surface area (TPSA) is 71.1 Å². The Kier molecular flexibility index (Phi) is 6.49. The molecule has 7 heteroatoms. The summed E-state index contributed by atoms with van der Waals surface area (Å²) in [6.07, 6.45) is 0. The average Bonchev–Trinajstić information content (AvgIpc) is 2.73. The van der Waals surface area contributed by atoms with Gasteiger partial charge < -0.3 is 24.6 Å². The van der Waals surface area contributed by atoms with E-state index < -0.39 is 0 Å². The average molecular weight is 383 g/mol. The van der Waals surface area contributed by atoms with Crippen molar-refractivity contribution in [2.75, 3.05) is 57.2 Å². The van der Waals surface area contributed by atoms with Crippen molar-refractivity contribution in [3.05, 3.63) is 54.1 Å². The van der Waals surface area contributed by atoms with Gasteiger partial charge in [-0.2, -0.15) is 0 Å². The molecule has 0 bridgehead atoms. The fourth-order valence-electron chi connectivity index (χ4n) is 2.89. The molecular formula is C21H25N3O4. The van der Waals surface area contributed by atoms with E-state index in [1.54, 1.807) is 29.2 Å². The SMILES string of the molecule is CN(C)c1ccc(NC(=O)COc2ccccc2C(=O)N2CCOCC2)cc1. The van der Waals surface area contributed by atoms with Crippen LogP contribution in [0.3, 0.4) is 0 Å². The molecule has 7 nitrogen and oxygen atoms in total. The van der Waals surface area contributed by atoms with E-state index in [2.05, 4.69) is 5.32 Å². The lowest BCUT2D eigenvalue weighted by atomic mass is 10.1. The van der Waals surface area contributed by atoms with Crippen LogP contribution in [0.2, 0.25) is 0 Å². The zero-order valence-electron chi connectivity index (χ0n) is 16.2. The highest BCUT2D eigenvalue weighted by Crippen LogP contribution is 2.21. The quantitative estimate of drug-likeness (QED) is 0.828. The van der Waals surface area contributed by atoms with Crippen LogP contribution in [0.5, 0.6) is 5.75 Å². The second kappa shape index (κ2) is 9.23. The van der Waals surface area contributed by atoms with Crippen molar-refractivity contribution in [2.45, 2.75) is 0 Å². The van der Waals surface area contributed by atoms with E-state index in [1.165, 1.54) is 0 Å². The fraction of sp³-hybridized carbons (Fsp3) is 0.333. The highest BCUT2D eigenvalue weighted by Gasteiger charge is 2.21. The van der Waals surface area contributed by atoms with Crippen LogP contribution in [-0.4, -0.2) is 63.7 Å². The normalized spacial score (nSPS) is 13.7. The summed E-state index contributed by atoms with van der Waals surface area (Å²) < 4.78 is 10.9. The van der Waals surface area contributed by atoms with Gasteiger partial charge in [-0.25, -0.2) is 0 Å². The van der Waals surface area contributed by atoms with Crippen LogP contribution >= 0.6 is 0 Å². The van der Waals surface area contributed by atoms with Crippen LogP contribution in [-0.2, 0) is 9.53 Å². The summed E-state index contributed by atoms with van der Waals surface area (Å²) >= 11 is 0. The maximum atomic E-state index is 12.7. The molecule has 0 aliphatic carbocycles. The van der Waals surface area contributed by atoms with Crippen molar-refractivity contribution >= 4 is 23.2 Å². The molecule has 0 saturated carbocycles. The number of carbonyl (C=O) groups is 2. The minimum atomic E-state index is -0.286. The van der Waals surface area contributed by atoms with E-state index in [0.717, 1.165) is 5.69 Å². The van der Waals surface area contributed by atoms with E-state index in [-0.39, 0.29) is 18.4 Å². The zero-order valence-corrected chi connectivity index (χ0v) is 16.2. The number of nitrogens with one attached hydrogen (secondary N) is 1. The number of para-hydroxylation sites is 1. The Bertz CT molecular complexity index is 815. The highest BCUT2D eigenvalue weighted by molar-refractivity contribution is 5.97. The first-order valence-corrected chi connectivity index (χ1v) is 9.20. The molecule has 0 unspecified atom stereocenters. The minimum Gasteiger partial charge on any atom is -0.483 e. The number of nitrogens with zero attached hydrogens (tertiary/aromatic N) is 2. The third-order valence-electron chi connectivity index (χ3n) is 4.44. The first kappa shape index (κ1) is 19.7. The summed E-state index contributed by atoms with van der Waals surface area (Å²) in [7, 11) is 3.91. The second-order valence-corrected chi connectivity index (χ2v) is 6.68. The van der Waals surface area contributed by atoms with E-state index in [1.807, 2.05) is 43.3 Å². The molecule has 0 aromatic heterocycles. The lowest BCUT2D eigenvalue weighted by molar-refractivity contribution is -0.118. The Balaban J connectivity index is 1.59. The summed E-state index contributed by atoms with van der Waals surface area (Å²) in [5, 5.41) is 2.80. The molecule has 1 N–H and O–H groups in total. The van der Waals surface area contributed by atoms with Crippen molar-refractivity contribution in [2.24, 2.45) is 0 Å². The molecule has 3 rings (SSSR count). The Morgan fingerprint density at radius 3 is 2.43 bits per heavy atom. The standard InChI is InChI=1S/C21H25N3O4/c1-23(2)17-9-7-16(8-10-17)22-20(25)15-28-19-6-4-3-5-18(19)21(26)24-11-13-27-14-12-24/h3-10H,11-15H2,1-2H3,(H,22,25). The summed E-state index contributed by atoms with van der Waals surface area (Å²) in [5.74, 6) is 0.00177. The van der Waals surface area contributed by atoms with E-state index in [0.29, 0.717) is 43.3 Å². The third-order valence-corrected chi connectivity index (χ3v) is 4.44. The van der Waals surface area contributed by atoms with Crippen molar-refractivity contribution in [3.8, 4) is 5.75 Å². The van der Waals surface area contributed by atoms with Gasteiger partial charge in [-0.1, -0.05) is 12.1 Å². The van der Waals surface area contributed by atoms with Gasteiger partial charge in [0.2, 0.25) is 0 Å². The molecule has 1 heterocycles. The number of hydrogen-bond donors (Lipinski definition) is 1. The Morgan fingerprint density at radius 1 is 1.07 bits per heavy atom. The highest BCUT2D eigenvalue weighted by atomic mass is 16.5. The first-order valence-electron chi connectivity index (χ1n) is 9.20. The first-order chi connectivity index (χ1) is 13.5. The number of hydrogen-bond acceptors (Lipinski definition) is 5. The Labute approximate surface area is 164 Å². The van der Waals surface area contributed by atoms with Gasteiger partial charge in [0.05, 0.1) is 18.8 Å². The number of carbonyl (C=O) groups excluding carboxylic acids is 2. The second-order valence-electron chi connectivity index (χ2n) is 6.68. The van der Waals surface area contributed by atoms with Gasteiger partial charge in [-0.3, -0.25) is 9.59 Å². The fourth-order valence-corrected chi connectivity index (χ4v) is 2.89. The molecule has 0 atom stereocenters. The maximum Gasteiger partial charge on any atom is 0.262 e. The molecule has 1 fully saturated rings. The van der Waals surface area contributed by atoms with Crippen LogP contribution in [0, 0.1) is 0 Å². The zero-order chi connectivity index (χ0) is 19.9. The third kappa shape index (κ3) is 5.01. The van der Waals surface area contributed by atoms with E-state index in [4.69, 9.17) is 9.47 Å². The molecule has 2 aromatic carbocycles. The minimum absolute atomic E-state index is 0.112. The number of ether oxygens (including phenoxy) is 2. The van der Waals surface area contributed by atoms with Crippen molar-refractivity contribution in [1.82, 2.24) is 4.90 Å². The van der Waals surface area contributed by atoms with Crippen LogP contribution in [0.15, 0.2) is 48.5 Å². The van der Waals surface area contributed by atoms with Crippen molar-refractivity contribution in [1.29, 1.82) is 0 Å². The van der Waals surface area contributed by atoms with E-state index in [9.17, 15) is 9.59 Å². The van der Waals surface area contributed by atoms with E-state index >= 15 is 0 Å². The summed E-state index contributed by atoms with van der Waals surface area (Å²) in [5.41, 5.74) is 2.19. The lowest BCUT2D eigenvalue weighted by Crippen LogP contribution is -2.40. The van der Waals surface area contributed by atoms with Crippen molar-refractivity contribution in [3.63, 3.8) is 0 Å². The van der Waals surface area contributed by atoms with Gasteiger partial charge in [0.15, 0.2) is 6.61 Å². The van der Waals surface area contributed by atoms with Gasteiger partial charge in [0.25, 0.3) is 11.8 Å². The smallest absolute Gasteiger partial charge is 0.262 e. The number of benzene rings is 2. The summed E-state index contributed by atoms with van der Waals surface area (Å²) in [6.45, 7) is 1.99.